The van der Waals surface area contributed by atoms with Gasteiger partial charge in [-0.15, -0.1) is 0 Å². The van der Waals surface area contributed by atoms with Crippen molar-refractivity contribution in [3.05, 3.63) is 29.6 Å². The van der Waals surface area contributed by atoms with Crippen LogP contribution in [0.25, 0.3) is 0 Å². The molecule has 1 aromatic rings. The number of hydrogen-bond donors (Lipinski definition) is 1. The van der Waals surface area contributed by atoms with E-state index in [0.29, 0.717) is 17.7 Å². The van der Waals surface area contributed by atoms with Crippen LogP contribution >= 0.6 is 0 Å². The predicted octanol–water partition coefficient (Wildman–Crippen LogP) is 2.81. The maximum absolute atomic E-state index is 13.0. The lowest BCUT2D eigenvalue weighted by Crippen LogP contribution is -2.25. The van der Waals surface area contributed by atoms with E-state index in [1.807, 2.05) is 0 Å². The summed E-state index contributed by atoms with van der Waals surface area (Å²) in [5.41, 5.74) is 0.698. The smallest absolute Gasteiger partial charge is 0.128 e. The van der Waals surface area contributed by atoms with Crippen molar-refractivity contribution in [3.63, 3.8) is 0 Å². The van der Waals surface area contributed by atoms with Gasteiger partial charge in [-0.25, -0.2) is 4.39 Å². The Morgan fingerprint density at radius 1 is 1.53 bits per heavy atom. The first kappa shape index (κ1) is 10.4. The van der Waals surface area contributed by atoms with Gasteiger partial charge in [-0.05, 0) is 18.6 Å². The van der Waals surface area contributed by atoms with Crippen molar-refractivity contribution in [2.75, 3.05) is 0 Å². The van der Waals surface area contributed by atoms with Crippen LogP contribution in [0.15, 0.2) is 18.2 Å². The average Bonchev–Trinajstić information content (AvgIpc) is 2.17. The van der Waals surface area contributed by atoms with E-state index in [1.54, 1.807) is 6.07 Å². The summed E-state index contributed by atoms with van der Waals surface area (Å²) in [6.07, 6.45) is 1.99. The molecule has 0 aromatic heterocycles. The van der Waals surface area contributed by atoms with Gasteiger partial charge in [-0.1, -0.05) is 13.3 Å². The molecule has 1 aliphatic heterocycles. The Bertz CT molecular complexity index is 351. The molecule has 82 valence electrons. The first-order chi connectivity index (χ1) is 7.20. The largest absolute Gasteiger partial charge is 0.490 e. The molecule has 0 aliphatic carbocycles. The molecular formula is C12H15FO2. The summed E-state index contributed by atoms with van der Waals surface area (Å²) in [5.74, 6) is 0.172. The molecule has 0 saturated heterocycles. The Labute approximate surface area is 88.7 Å². The molecule has 1 N–H and O–H groups in total. The van der Waals surface area contributed by atoms with Crippen molar-refractivity contribution in [2.24, 2.45) is 0 Å². The van der Waals surface area contributed by atoms with Crippen molar-refractivity contribution in [3.8, 4) is 5.75 Å². The molecule has 0 bridgehead atoms. The lowest BCUT2D eigenvalue weighted by Gasteiger charge is -2.29. The highest BCUT2D eigenvalue weighted by Crippen LogP contribution is 2.36. The summed E-state index contributed by atoms with van der Waals surface area (Å²) in [7, 11) is 0. The fourth-order valence-corrected chi connectivity index (χ4v) is 1.99. The third-order valence-corrected chi connectivity index (χ3v) is 2.73. The number of rotatable bonds is 2. The second kappa shape index (κ2) is 4.19. The van der Waals surface area contributed by atoms with E-state index in [0.717, 1.165) is 12.8 Å². The lowest BCUT2D eigenvalue weighted by molar-refractivity contribution is 0.0611. The van der Waals surface area contributed by atoms with Gasteiger partial charge in [0.2, 0.25) is 0 Å². The highest BCUT2D eigenvalue weighted by Gasteiger charge is 2.26. The molecule has 1 heterocycles. The molecule has 2 atom stereocenters. The highest BCUT2D eigenvalue weighted by molar-refractivity contribution is 5.37. The SMILES string of the molecule is CCCC1C[C@@H](O)c2ccc(F)cc2O1. The summed E-state index contributed by atoms with van der Waals surface area (Å²) >= 11 is 0. The zero-order chi connectivity index (χ0) is 10.8. The van der Waals surface area contributed by atoms with Gasteiger partial charge in [0.15, 0.2) is 0 Å². The van der Waals surface area contributed by atoms with Gasteiger partial charge in [-0.3, -0.25) is 0 Å². The molecule has 1 aliphatic rings. The first-order valence-corrected chi connectivity index (χ1v) is 5.35. The van der Waals surface area contributed by atoms with Crippen molar-refractivity contribution in [1.29, 1.82) is 0 Å². The summed E-state index contributed by atoms with van der Waals surface area (Å²) < 4.78 is 18.6. The van der Waals surface area contributed by atoms with Crippen LogP contribution in [0, 0.1) is 5.82 Å². The van der Waals surface area contributed by atoms with E-state index in [2.05, 4.69) is 6.92 Å². The van der Waals surface area contributed by atoms with Crippen LogP contribution in [-0.2, 0) is 0 Å². The summed E-state index contributed by atoms with van der Waals surface area (Å²) in [4.78, 5) is 0. The Morgan fingerprint density at radius 2 is 2.33 bits per heavy atom. The molecule has 0 spiro atoms. The lowest BCUT2D eigenvalue weighted by atomic mass is 9.97. The molecule has 2 rings (SSSR count). The zero-order valence-electron chi connectivity index (χ0n) is 8.74. The Hall–Kier alpha value is -1.09. The van der Waals surface area contributed by atoms with E-state index in [1.165, 1.54) is 12.1 Å². The molecule has 2 nitrogen and oxygen atoms in total. The number of aliphatic hydroxyl groups excluding tert-OH is 1. The van der Waals surface area contributed by atoms with E-state index >= 15 is 0 Å². The van der Waals surface area contributed by atoms with E-state index in [-0.39, 0.29) is 11.9 Å². The quantitative estimate of drug-likeness (QED) is 0.813. The van der Waals surface area contributed by atoms with Crippen LogP contribution in [0.3, 0.4) is 0 Å². The van der Waals surface area contributed by atoms with Crippen LogP contribution in [-0.4, -0.2) is 11.2 Å². The van der Waals surface area contributed by atoms with Gasteiger partial charge in [0.1, 0.15) is 17.7 Å². The fraction of sp³-hybridized carbons (Fsp3) is 0.500. The third-order valence-electron chi connectivity index (χ3n) is 2.73. The highest BCUT2D eigenvalue weighted by atomic mass is 19.1. The van der Waals surface area contributed by atoms with Gasteiger partial charge in [0.25, 0.3) is 0 Å². The van der Waals surface area contributed by atoms with E-state index in [9.17, 15) is 9.50 Å². The minimum atomic E-state index is -0.522. The summed E-state index contributed by atoms with van der Waals surface area (Å²) in [5, 5.41) is 9.85. The van der Waals surface area contributed by atoms with Crippen LogP contribution in [0.1, 0.15) is 37.9 Å². The molecule has 3 heteroatoms. The molecule has 0 fully saturated rings. The Morgan fingerprint density at radius 3 is 3.07 bits per heavy atom. The fourth-order valence-electron chi connectivity index (χ4n) is 1.99. The van der Waals surface area contributed by atoms with Crippen molar-refractivity contribution in [1.82, 2.24) is 0 Å². The number of fused-ring (bicyclic) bond motifs is 1. The minimum absolute atomic E-state index is 0.0132. The minimum Gasteiger partial charge on any atom is -0.490 e. The maximum atomic E-state index is 13.0. The molecule has 1 aromatic carbocycles. The van der Waals surface area contributed by atoms with E-state index < -0.39 is 6.10 Å². The van der Waals surface area contributed by atoms with Crippen LogP contribution < -0.4 is 4.74 Å². The van der Waals surface area contributed by atoms with Gasteiger partial charge < -0.3 is 9.84 Å². The first-order valence-electron chi connectivity index (χ1n) is 5.35. The van der Waals surface area contributed by atoms with Crippen LogP contribution in [0.5, 0.6) is 5.75 Å². The molecule has 0 amide bonds. The van der Waals surface area contributed by atoms with Crippen molar-refractivity contribution in [2.45, 2.75) is 38.4 Å². The van der Waals surface area contributed by atoms with Gasteiger partial charge in [-0.2, -0.15) is 0 Å². The number of halogens is 1. The molecular weight excluding hydrogens is 195 g/mol. The Balaban J connectivity index is 2.25. The molecule has 1 unspecified atom stereocenters. The number of aliphatic hydroxyl groups is 1. The summed E-state index contributed by atoms with van der Waals surface area (Å²) in [6, 6.07) is 4.30. The summed E-state index contributed by atoms with van der Waals surface area (Å²) in [6.45, 7) is 2.07. The van der Waals surface area contributed by atoms with Gasteiger partial charge >= 0.3 is 0 Å². The third kappa shape index (κ3) is 2.12. The Kier molecular flexibility index (Phi) is 2.91. The number of hydrogen-bond acceptors (Lipinski definition) is 2. The van der Waals surface area contributed by atoms with Gasteiger partial charge in [0, 0.05) is 18.1 Å². The predicted molar refractivity (Wildman–Crippen MR) is 55.3 cm³/mol. The van der Waals surface area contributed by atoms with Crippen LogP contribution in [0.2, 0.25) is 0 Å². The molecule has 15 heavy (non-hydrogen) atoms. The average molecular weight is 210 g/mol. The normalized spacial score (nSPS) is 24.5. The van der Waals surface area contributed by atoms with Crippen LogP contribution in [0.4, 0.5) is 4.39 Å². The number of benzene rings is 1. The zero-order valence-corrected chi connectivity index (χ0v) is 8.74. The second-order valence-corrected chi connectivity index (χ2v) is 3.96. The molecule has 0 saturated carbocycles. The van der Waals surface area contributed by atoms with E-state index in [4.69, 9.17) is 4.74 Å². The van der Waals surface area contributed by atoms with Crippen molar-refractivity contribution < 1.29 is 14.2 Å². The van der Waals surface area contributed by atoms with Crippen molar-refractivity contribution >= 4 is 0 Å². The van der Waals surface area contributed by atoms with Gasteiger partial charge in [0.05, 0.1) is 6.10 Å². The second-order valence-electron chi connectivity index (χ2n) is 3.96. The monoisotopic (exact) mass is 210 g/mol. The topological polar surface area (TPSA) is 29.5 Å². The standard InChI is InChI=1S/C12H15FO2/c1-2-3-9-7-11(14)10-5-4-8(13)6-12(10)15-9/h4-6,9,11,14H,2-3,7H2,1H3/t9?,11-/m1/s1. The number of ether oxygens (including phenoxy) is 1. The maximum Gasteiger partial charge on any atom is 0.128 e. The molecule has 0 radical (unpaired) electrons.